The van der Waals surface area contributed by atoms with Gasteiger partial charge in [0.15, 0.2) is 0 Å². The molecular weight excluding hydrogens is 248 g/mol. The molecule has 4 unspecified atom stereocenters. The minimum Gasteiger partial charge on any atom is -0.459 e. The SMILES string of the molecule is CCCCCC(COO)C(=O)OC1CC2C=CC1O2. The van der Waals surface area contributed by atoms with Crippen LogP contribution in [0.5, 0.6) is 0 Å². The van der Waals surface area contributed by atoms with Crippen LogP contribution < -0.4 is 0 Å². The van der Waals surface area contributed by atoms with Crippen molar-refractivity contribution in [3.63, 3.8) is 0 Å². The molecule has 2 aliphatic rings. The Morgan fingerprint density at radius 2 is 2.32 bits per heavy atom. The van der Waals surface area contributed by atoms with Crippen molar-refractivity contribution in [2.75, 3.05) is 6.61 Å². The Morgan fingerprint density at radius 3 is 2.89 bits per heavy atom. The number of rotatable bonds is 8. The maximum atomic E-state index is 12.1. The molecule has 19 heavy (non-hydrogen) atoms. The van der Waals surface area contributed by atoms with E-state index < -0.39 is 0 Å². The third kappa shape index (κ3) is 3.78. The number of unbranched alkanes of at least 4 members (excludes halogenated alkanes) is 2. The normalized spacial score (nSPS) is 29.7. The molecule has 5 heteroatoms. The van der Waals surface area contributed by atoms with Crippen molar-refractivity contribution < 1.29 is 24.4 Å². The number of fused-ring (bicyclic) bond motifs is 2. The van der Waals surface area contributed by atoms with E-state index in [0.717, 1.165) is 25.7 Å². The highest BCUT2D eigenvalue weighted by Gasteiger charge is 2.40. The van der Waals surface area contributed by atoms with E-state index in [1.54, 1.807) is 0 Å². The molecule has 0 aromatic rings. The van der Waals surface area contributed by atoms with Crippen LogP contribution in [0, 0.1) is 5.92 Å². The van der Waals surface area contributed by atoms with E-state index in [-0.39, 0.29) is 36.8 Å². The van der Waals surface area contributed by atoms with Crippen LogP contribution in [0.4, 0.5) is 0 Å². The van der Waals surface area contributed by atoms with Gasteiger partial charge in [-0.3, -0.25) is 10.1 Å². The number of hydrogen-bond donors (Lipinski definition) is 1. The summed E-state index contributed by atoms with van der Waals surface area (Å²) in [6.07, 6.45) is 8.27. The molecule has 2 bridgehead atoms. The maximum absolute atomic E-state index is 12.1. The first-order valence-corrected chi connectivity index (χ1v) is 7.05. The van der Waals surface area contributed by atoms with Crippen molar-refractivity contribution in [3.8, 4) is 0 Å². The zero-order valence-electron chi connectivity index (χ0n) is 11.3. The molecule has 2 rings (SSSR count). The molecule has 0 saturated carbocycles. The fraction of sp³-hybridized carbons (Fsp3) is 0.786. The number of esters is 1. The highest BCUT2D eigenvalue weighted by atomic mass is 17.1. The summed E-state index contributed by atoms with van der Waals surface area (Å²) in [5, 5.41) is 8.56. The van der Waals surface area contributed by atoms with Gasteiger partial charge in [-0.2, -0.15) is 0 Å². The van der Waals surface area contributed by atoms with Crippen molar-refractivity contribution in [2.24, 2.45) is 5.92 Å². The quantitative estimate of drug-likeness (QED) is 0.241. The minimum atomic E-state index is -0.389. The van der Waals surface area contributed by atoms with Crippen molar-refractivity contribution in [2.45, 2.75) is 57.3 Å². The first kappa shape index (κ1) is 14.5. The lowest BCUT2D eigenvalue weighted by Crippen LogP contribution is -2.31. The van der Waals surface area contributed by atoms with E-state index in [2.05, 4.69) is 11.8 Å². The summed E-state index contributed by atoms with van der Waals surface area (Å²) in [5.41, 5.74) is 0. The number of ether oxygens (including phenoxy) is 2. The first-order valence-electron chi connectivity index (χ1n) is 7.05. The summed E-state index contributed by atoms with van der Waals surface area (Å²) in [5.74, 6) is -0.681. The van der Waals surface area contributed by atoms with Crippen molar-refractivity contribution in [3.05, 3.63) is 12.2 Å². The molecule has 1 fully saturated rings. The van der Waals surface area contributed by atoms with E-state index in [0.29, 0.717) is 6.42 Å². The van der Waals surface area contributed by atoms with Crippen molar-refractivity contribution in [1.82, 2.24) is 0 Å². The minimum absolute atomic E-state index is 0.0000588. The second-order valence-electron chi connectivity index (χ2n) is 5.22. The van der Waals surface area contributed by atoms with Crippen LogP contribution in [0.1, 0.15) is 39.0 Å². The Hall–Kier alpha value is -0.910. The number of carbonyl (C=O) groups is 1. The van der Waals surface area contributed by atoms with Crippen molar-refractivity contribution in [1.29, 1.82) is 0 Å². The zero-order valence-corrected chi connectivity index (χ0v) is 11.3. The summed E-state index contributed by atoms with van der Waals surface area (Å²) in [7, 11) is 0. The smallest absolute Gasteiger partial charge is 0.311 e. The van der Waals surface area contributed by atoms with E-state index in [9.17, 15) is 4.79 Å². The van der Waals surface area contributed by atoms with Gasteiger partial charge in [0.1, 0.15) is 12.2 Å². The predicted molar refractivity (Wildman–Crippen MR) is 68.5 cm³/mol. The van der Waals surface area contributed by atoms with Gasteiger partial charge in [-0.05, 0) is 6.42 Å². The van der Waals surface area contributed by atoms with E-state index in [4.69, 9.17) is 14.7 Å². The molecule has 0 aromatic carbocycles. The number of carbonyl (C=O) groups excluding carboxylic acids is 1. The van der Waals surface area contributed by atoms with Gasteiger partial charge in [-0.15, -0.1) is 0 Å². The predicted octanol–water partition coefficient (Wildman–Crippen LogP) is 2.31. The lowest BCUT2D eigenvalue weighted by atomic mass is 10.0. The van der Waals surface area contributed by atoms with Gasteiger partial charge in [0, 0.05) is 6.42 Å². The third-order valence-electron chi connectivity index (χ3n) is 3.71. The molecule has 0 amide bonds. The second-order valence-corrected chi connectivity index (χ2v) is 5.22. The maximum Gasteiger partial charge on any atom is 0.311 e. The Kier molecular flexibility index (Phi) is 5.36. The van der Waals surface area contributed by atoms with Crippen LogP contribution in [-0.2, 0) is 19.2 Å². The Balaban J connectivity index is 1.79. The molecule has 0 aliphatic carbocycles. The molecule has 1 saturated heterocycles. The molecule has 108 valence electrons. The monoisotopic (exact) mass is 270 g/mol. The van der Waals surface area contributed by atoms with Crippen LogP contribution >= 0.6 is 0 Å². The second kappa shape index (κ2) is 7.03. The summed E-state index contributed by atoms with van der Waals surface area (Å²) in [4.78, 5) is 16.2. The Morgan fingerprint density at radius 1 is 1.47 bits per heavy atom. The van der Waals surface area contributed by atoms with Gasteiger partial charge in [0.25, 0.3) is 0 Å². The van der Waals surface area contributed by atoms with Gasteiger partial charge >= 0.3 is 5.97 Å². The van der Waals surface area contributed by atoms with Gasteiger partial charge in [-0.1, -0.05) is 38.3 Å². The fourth-order valence-corrected chi connectivity index (χ4v) is 2.60. The zero-order chi connectivity index (χ0) is 13.7. The summed E-state index contributed by atoms with van der Waals surface area (Å²) in [6.45, 7) is 2.11. The molecule has 2 heterocycles. The Labute approximate surface area is 113 Å². The molecule has 0 radical (unpaired) electrons. The van der Waals surface area contributed by atoms with E-state index >= 15 is 0 Å². The average molecular weight is 270 g/mol. The van der Waals surface area contributed by atoms with Gasteiger partial charge < -0.3 is 9.47 Å². The van der Waals surface area contributed by atoms with Crippen LogP contribution in [0.25, 0.3) is 0 Å². The fourth-order valence-electron chi connectivity index (χ4n) is 2.60. The van der Waals surface area contributed by atoms with Gasteiger partial charge in [0.05, 0.1) is 18.6 Å². The van der Waals surface area contributed by atoms with E-state index in [1.165, 1.54) is 0 Å². The van der Waals surface area contributed by atoms with Crippen LogP contribution in [-0.4, -0.2) is 36.1 Å². The molecular formula is C14H22O5. The molecule has 1 N–H and O–H groups in total. The van der Waals surface area contributed by atoms with Crippen molar-refractivity contribution >= 4 is 5.97 Å². The molecule has 0 spiro atoms. The van der Waals surface area contributed by atoms with Crippen LogP contribution in [0.15, 0.2) is 12.2 Å². The highest BCUT2D eigenvalue weighted by molar-refractivity contribution is 5.72. The molecule has 4 atom stereocenters. The lowest BCUT2D eigenvalue weighted by Gasteiger charge is -2.20. The third-order valence-corrected chi connectivity index (χ3v) is 3.71. The average Bonchev–Trinajstić information content (AvgIpc) is 3.00. The molecule has 5 nitrogen and oxygen atoms in total. The summed E-state index contributed by atoms with van der Waals surface area (Å²) in [6, 6.07) is 0. The molecule has 2 aliphatic heterocycles. The number of hydrogen-bond acceptors (Lipinski definition) is 5. The highest BCUT2D eigenvalue weighted by Crippen LogP contribution is 2.31. The standard InChI is InChI=1S/C14H22O5/c1-2-3-4-5-10(9-17-16)14(15)19-13-8-11-6-7-12(13)18-11/h6-7,10-13,16H,2-5,8-9H2,1H3. The van der Waals surface area contributed by atoms with Gasteiger partial charge in [0.2, 0.25) is 0 Å². The summed E-state index contributed by atoms with van der Waals surface area (Å²) < 4.78 is 11.0. The van der Waals surface area contributed by atoms with Gasteiger partial charge in [-0.25, -0.2) is 4.89 Å². The van der Waals surface area contributed by atoms with E-state index in [1.807, 2.05) is 12.2 Å². The summed E-state index contributed by atoms with van der Waals surface area (Å²) >= 11 is 0. The lowest BCUT2D eigenvalue weighted by molar-refractivity contribution is -0.252. The van der Waals surface area contributed by atoms with Crippen LogP contribution in [0.2, 0.25) is 0 Å². The largest absolute Gasteiger partial charge is 0.459 e. The van der Waals surface area contributed by atoms with Crippen LogP contribution in [0.3, 0.4) is 0 Å². The topological polar surface area (TPSA) is 65.0 Å². The Bertz CT molecular complexity index is 328. The molecule has 0 aromatic heterocycles. The first-order chi connectivity index (χ1) is 9.24.